The zero-order chi connectivity index (χ0) is 18.2. The normalized spacial score (nSPS) is 11.0. The van der Waals surface area contributed by atoms with Crippen LogP contribution < -0.4 is 10.1 Å². The predicted octanol–water partition coefficient (Wildman–Crippen LogP) is 6.01. The molecule has 0 heterocycles. The maximum atomic E-state index is 6.22. The number of unbranched alkanes of at least 4 members (excludes halogenated alkanes) is 2. The van der Waals surface area contributed by atoms with Crippen LogP contribution in [-0.2, 0) is 13.2 Å². The molecule has 0 saturated carbocycles. The van der Waals surface area contributed by atoms with Gasteiger partial charge in [-0.25, -0.2) is 0 Å². The van der Waals surface area contributed by atoms with Crippen molar-refractivity contribution in [1.29, 1.82) is 0 Å². The fourth-order valence-corrected chi connectivity index (χ4v) is 3.31. The van der Waals surface area contributed by atoms with Crippen LogP contribution in [-0.4, -0.2) is 6.54 Å². The SMILES string of the molecule is CCCCCNCc1c(OCc2cccc(C)c2)ccc2ccccc12. The topological polar surface area (TPSA) is 21.3 Å². The summed E-state index contributed by atoms with van der Waals surface area (Å²) in [5.41, 5.74) is 3.73. The zero-order valence-corrected chi connectivity index (χ0v) is 15.9. The van der Waals surface area contributed by atoms with E-state index >= 15 is 0 Å². The molecule has 0 radical (unpaired) electrons. The number of rotatable bonds is 9. The molecule has 3 aromatic carbocycles. The van der Waals surface area contributed by atoms with Gasteiger partial charge in [0.25, 0.3) is 0 Å². The Bertz CT molecular complexity index is 840. The first-order valence-electron chi connectivity index (χ1n) is 9.67. The predicted molar refractivity (Wildman–Crippen MR) is 111 cm³/mol. The molecule has 0 spiro atoms. The summed E-state index contributed by atoms with van der Waals surface area (Å²) in [6, 6.07) is 21.3. The molecular formula is C24H29NO. The second-order valence-electron chi connectivity index (χ2n) is 6.92. The largest absolute Gasteiger partial charge is 0.489 e. The molecule has 0 aromatic heterocycles. The minimum Gasteiger partial charge on any atom is -0.489 e. The number of fused-ring (bicyclic) bond motifs is 1. The molecule has 0 atom stereocenters. The molecule has 3 aromatic rings. The quantitative estimate of drug-likeness (QED) is 0.479. The molecule has 3 rings (SSSR count). The van der Waals surface area contributed by atoms with E-state index < -0.39 is 0 Å². The molecule has 0 bridgehead atoms. The molecule has 0 aliphatic carbocycles. The van der Waals surface area contributed by atoms with E-state index in [2.05, 4.69) is 79.8 Å². The Morgan fingerprint density at radius 3 is 2.65 bits per heavy atom. The first-order chi connectivity index (χ1) is 12.8. The van der Waals surface area contributed by atoms with Gasteiger partial charge in [0.1, 0.15) is 12.4 Å². The van der Waals surface area contributed by atoms with Crippen LogP contribution in [0, 0.1) is 6.92 Å². The molecule has 0 unspecified atom stereocenters. The molecule has 2 heteroatoms. The van der Waals surface area contributed by atoms with Crippen LogP contribution in [0.3, 0.4) is 0 Å². The van der Waals surface area contributed by atoms with E-state index in [4.69, 9.17) is 4.74 Å². The second-order valence-corrected chi connectivity index (χ2v) is 6.92. The van der Waals surface area contributed by atoms with Gasteiger partial charge in [-0.1, -0.05) is 79.9 Å². The Hall–Kier alpha value is -2.32. The lowest BCUT2D eigenvalue weighted by atomic mass is 10.0. The summed E-state index contributed by atoms with van der Waals surface area (Å²) >= 11 is 0. The highest BCUT2D eigenvalue weighted by Crippen LogP contribution is 2.29. The molecule has 136 valence electrons. The number of aryl methyl sites for hydroxylation is 1. The van der Waals surface area contributed by atoms with E-state index in [1.54, 1.807) is 0 Å². The maximum Gasteiger partial charge on any atom is 0.124 e. The van der Waals surface area contributed by atoms with Crippen molar-refractivity contribution in [2.75, 3.05) is 6.54 Å². The molecule has 1 N–H and O–H groups in total. The molecule has 0 amide bonds. The van der Waals surface area contributed by atoms with Gasteiger partial charge in [-0.2, -0.15) is 0 Å². The van der Waals surface area contributed by atoms with E-state index in [0.717, 1.165) is 18.8 Å². The lowest BCUT2D eigenvalue weighted by molar-refractivity contribution is 0.302. The van der Waals surface area contributed by atoms with Crippen LogP contribution in [0.5, 0.6) is 5.75 Å². The van der Waals surface area contributed by atoms with Crippen LogP contribution >= 0.6 is 0 Å². The minimum absolute atomic E-state index is 0.600. The van der Waals surface area contributed by atoms with Crippen molar-refractivity contribution in [3.63, 3.8) is 0 Å². The summed E-state index contributed by atoms with van der Waals surface area (Å²) in [6.45, 7) is 6.85. The van der Waals surface area contributed by atoms with E-state index in [1.807, 2.05) is 0 Å². The van der Waals surface area contributed by atoms with Crippen molar-refractivity contribution < 1.29 is 4.74 Å². The summed E-state index contributed by atoms with van der Waals surface area (Å²) in [5.74, 6) is 0.980. The van der Waals surface area contributed by atoms with Gasteiger partial charge in [0.15, 0.2) is 0 Å². The van der Waals surface area contributed by atoms with Gasteiger partial charge < -0.3 is 10.1 Å². The lowest BCUT2D eigenvalue weighted by Crippen LogP contribution is -2.15. The van der Waals surface area contributed by atoms with Crippen LogP contribution in [0.1, 0.15) is 42.9 Å². The Balaban J connectivity index is 1.77. The van der Waals surface area contributed by atoms with E-state index in [0.29, 0.717) is 6.61 Å². The number of ether oxygens (including phenoxy) is 1. The number of hydrogen-bond donors (Lipinski definition) is 1. The number of benzene rings is 3. The molecule has 0 saturated heterocycles. The summed E-state index contributed by atoms with van der Waals surface area (Å²) in [5, 5.41) is 6.14. The molecular weight excluding hydrogens is 318 g/mol. The Morgan fingerprint density at radius 1 is 0.923 bits per heavy atom. The summed E-state index contributed by atoms with van der Waals surface area (Å²) in [4.78, 5) is 0. The van der Waals surface area contributed by atoms with Gasteiger partial charge in [-0.3, -0.25) is 0 Å². The van der Waals surface area contributed by atoms with Crippen molar-refractivity contribution in [2.24, 2.45) is 0 Å². The Kier molecular flexibility index (Phi) is 6.68. The van der Waals surface area contributed by atoms with Crippen molar-refractivity contribution in [3.05, 3.63) is 77.4 Å². The molecule has 2 nitrogen and oxygen atoms in total. The van der Waals surface area contributed by atoms with Gasteiger partial charge in [-0.15, -0.1) is 0 Å². The third kappa shape index (κ3) is 4.86. The second kappa shape index (κ2) is 9.40. The summed E-state index contributed by atoms with van der Waals surface area (Å²) < 4.78 is 6.22. The fraction of sp³-hybridized carbons (Fsp3) is 0.333. The third-order valence-electron chi connectivity index (χ3n) is 4.73. The standard InChI is InChI=1S/C24H29NO/c1-3-4-7-15-25-17-23-22-12-6-5-11-21(22)13-14-24(23)26-18-20-10-8-9-19(2)16-20/h5-6,8-14,16,25H,3-4,7,15,17-18H2,1-2H3. The molecule has 0 fully saturated rings. The van der Waals surface area contributed by atoms with Gasteiger partial charge in [0.05, 0.1) is 0 Å². The smallest absolute Gasteiger partial charge is 0.124 e. The highest BCUT2D eigenvalue weighted by atomic mass is 16.5. The zero-order valence-electron chi connectivity index (χ0n) is 15.9. The Labute approximate surface area is 157 Å². The van der Waals surface area contributed by atoms with Crippen molar-refractivity contribution in [1.82, 2.24) is 5.32 Å². The van der Waals surface area contributed by atoms with Crippen LogP contribution in [0.15, 0.2) is 60.7 Å². The third-order valence-corrected chi connectivity index (χ3v) is 4.73. The van der Waals surface area contributed by atoms with E-state index in [9.17, 15) is 0 Å². The van der Waals surface area contributed by atoms with Crippen molar-refractivity contribution in [3.8, 4) is 5.75 Å². The van der Waals surface area contributed by atoms with Crippen molar-refractivity contribution >= 4 is 10.8 Å². The Morgan fingerprint density at radius 2 is 1.81 bits per heavy atom. The first-order valence-corrected chi connectivity index (χ1v) is 9.67. The fourth-order valence-electron chi connectivity index (χ4n) is 3.31. The minimum atomic E-state index is 0.600. The number of nitrogens with one attached hydrogen (secondary N) is 1. The maximum absolute atomic E-state index is 6.22. The van der Waals surface area contributed by atoms with Gasteiger partial charge in [0.2, 0.25) is 0 Å². The molecule has 26 heavy (non-hydrogen) atoms. The monoisotopic (exact) mass is 347 g/mol. The van der Waals surface area contributed by atoms with Crippen molar-refractivity contribution in [2.45, 2.75) is 46.3 Å². The average Bonchev–Trinajstić information content (AvgIpc) is 2.67. The van der Waals surface area contributed by atoms with Crippen LogP contribution in [0.2, 0.25) is 0 Å². The first kappa shape index (κ1) is 18.5. The van der Waals surface area contributed by atoms with Crippen LogP contribution in [0.25, 0.3) is 10.8 Å². The highest BCUT2D eigenvalue weighted by molar-refractivity contribution is 5.87. The average molecular weight is 348 g/mol. The van der Waals surface area contributed by atoms with E-state index in [-0.39, 0.29) is 0 Å². The summed E-state index contributed by atoms with van der Waals surface area (Å²) in [6.07, 6.45) is 3.75. The van der Waals surface area contributed by atoms with Gasteiger partial charge in [0, 0.05) is 12.1 Å². The molecule has 0 aliphatic rings. The van der Waals surface area contributed by atoms with Crippen LogP contribution in [0.4, 0.5) is 0 Å². The van der Waals surface area contributed by atoms with Gasteiger partial charge >= 0.3 is 0 Å². The molecule has 0 aliphatic heterocycles. The van der Waals surface area contributed by atoms with Gasteiger partial charge in [-0.05, 0) is 42.3 Å². The highest BCUT2D eigenvalue weighted by Gasteiger charge is 2.09. The number of hydrogen-bond acceptors (Lipinski definition) is 2. The summed E-state index contributed by atoms with van der Waals surface area (Å²) in [7, 11) is 0. The van der Waals surface area contributed by atoms with E-state index in [1.165, 1.54) is 46.7 Å². The lowest BCUT2D eigenvalue weighted by Gasteiger charge is -2.15.